The van der Waals surface area contributed by atoms with Gasteiger partial charge in [0.1, 0.15) is 5.58 Å². The minimum atomic E-state index is -0.0287. The molecule has 0 bridgehead atoms. The van der Waals surface area contributed by atoms with Crippen molar-refractivity contribution in [2.45, 2.75) is 26.2 Å². The van der Waals surface area contributed by atoms with Crippen LogP contribution in [-0.2, 0) is 25.5 Å². The van der Waals surface area contributed by atoms with Crippen molar-refractivity contribution in [3.8, 4) is 28.3 Å². The van der Waals surface area contributed by atoms with Crippen molar-refractivity contribution in [1.29, 1.82) is 0 Å². The maximum absolute atomic E-state index is 6.61. The number of nitrogens with zero attached hydrogens (tertiary/aromatic N) is 4. The molecular formula is C43H32IrN4O-2. The summed E-state index contributed by atoms with van der Waals surface area (Å²) in [4.78, 5) is 14.0. The van der Waals surface area contributed by atoms with Crippen LogP contribution in [0.2, 0.25) is 0 Å². The van der Waals surface area contributed by atoms with Gasteiger partial charge in [-0.1, -0.05) is 98.5 Å². The molecule has 0 N–H and O–H groups in total. The van der Waals surface area contributed by atoms with Crippen LogP contribution in [0, 0.1) is 12.1 Å². The smallest absolute Gasteiger partial charge is 0.168 e. The normalized spacial score (nSPS) is 11.4. The maximum Gasteiger partial charge on any atom is 0.168 e. The van der Waals surface area contributed by atoms with E-state index in [0.29, 0.717) is 5.65 Å². The predicted molar refractivity (Wildman–Crippen MR) is 195 cm³/mol. The number of pyridine rings is 2. The zero-order chi connectivity index (χ0) is 32.7. The molecule has 5 nitrogen and oxygen atoms in total. The van der Waals surface area contributed by atoms with Gasteiger partial charge in [-0.3, -0.25) is 4.98 Å². The number of para-hydroxylation sites is 1. The first kappa shape index (κ1) is 32.1. The first-order valence-electron chi connectivity index (χ1n) is 16.0. The first-order valence-corrected chi connectivity index (χ1v) is 16.0. The average molecular weight is 813 g/mol. The summed E-state index contributed by atoms with van der Waals surface area (Å²) in [5.41, 5.74) is 8.34. The molecule has 241 valence electrons. The van der Waals surface area contributed by atoms with Gasteiger partial charge < -0.3 is 14.0 Å². The van der Waals surface area contributed by atoms with E-state index in [9.17, 15) is 0 Å². The standard InChI is InChI=1S/C32H24N3O.C11H8N.Ir/c1-32(2,3)21-18-27-30(33-19-21)34-31(35(27)22-11-5-4-6-12-22)26-15-9-14-24-25-17-16-20-10-7-8-13-23(20)28(25)36-29(24)26;1-2-6-10(7-3-1)11-8-4-5-9-12-11;/h4-14,16-19H,1-3H3;1-6,8-9H;/q2*-1;. The summed E-state index contributed by atoms with van der Waals surface area (Å²) >= 11 is 0. The van der Waals surface area contributed by atoms with Gasteiger partial charge in [0.25, 0.3) is 0 Å². The summed E-state index contributed by atoms with van der Waals surface area (Å²) in [6.45, 7) is 6.60. The molecule has 0 unspecified atom stereocenters. The average Bonchev–Trinajstić information content (AvgIpc) is 3.71. The Morgan fingerprint density at radius 1 is 0.673 bits per heavy atom. The van der Waals surface area contributed by atoms with Gasteiger partial charge >= 0.3 is 0 Å². The number of aromatic nitrogens is 4. The second-order valence-electron chi connectivity index (χ2n) is 12.8. The van der Waals surface area contributed by atoms with Crippen molar-refractivity contribution in [3.05, 3.63) is 157 Å². The Bertz CT molecular complexity index is 2500. The van der Waals surface area contributed by atoms with E-state index in [1.54, 1.807) is 6.20 Å². The summed E-state index contributed by atoms with van der Waals surface area (Å²) in [6, 6.07) is 49.4. The van der Waals surface area contributed by atoms with Crippen LogP contribution in [0.5, 0.6) is 0 Å². The molecular weight excluding hydrogens is 781 g/mol. The molecule has 4 heterocycles. The summed E-state index contributed by atoms with van der Waals surface area (Å²) < 4.78 is 8.79. The van der Waals surface area contributed by atoms with Gasteiger partial charge in [0.2, 0.25) is 0 Å². The minimum Gasteiger partial charge on any atom is -0.500 e. The fourth-order valence-electron chi connectivity index (χ4n) is 6.09. The molecule has 0 aliphatic rings. The number of benzene rings is 5. The fourth-order valence-corrected chi connectivity index (χ4v) is 6.09. The molecule has 5 aromatic carbocycles. The molecule has 1 radical (unpaired) electrons. The molecule has 0 saturated heterocycles. The molecule has 49 heavy (non-hydrogen) atoms. The van der Waals surface area contributed by atoms with Gasteiger partial charge in [-0.15, -0.1) is 54.1 Å². The molecule has 9 rings (SSSR count). The van der Waals surface area contributed by atoms with Crippen LogP contribution in [0.25, 0.3) is 72.2 Å². The monoisotopic (exact) mass is 813 g/mol. The quantitative estimate of drug-likeness (QED) is 0.167. The van der Waals surface area contributed by atoms with E-state index in [1.807, 2.05) is 72.9 Å². The Hall–Kier alpha value is -5.42. The molecule has 0 fully saturated rings. The number of fused-ring (bicyclic) bond motifs is 6. The predicted octanol–water partition coefficient (Wildman–Crippen LogP) is 10.8. The molecule has 0 spiro atoms. The molecule has 4 aromatic heterocycles. The van der Waals surface area contributed by atoms with Crippen molar-refractivity contribution in [1.82, 2.24) is 19.5 Å². The summed E-state index contributed by atoms with van der Waals surface area (Å²) in [6.07, 6.45) is 3.72. The second-order valence-corrected chi connectivity index (χ2v) is 12.8. The van der Waals surface area contributed by atoms with E-state index in [1.165, 1.54) is 0 Å². The largest absolute Gasteiger partial charge is 0.500 e. The van der Waals surface area contributed by atoms with Crippen LogP contribution in [-0.4, -0.2) is 19.5 Å². The van der Waals surface area contributed by atoms with E-state index >= 15 is 0 Å². The van der Waals surface area contributed by atoms with Gasteiger partial charge in [-0.2, -0.15) is 0 Å². The third-order valence-electron chi connectivity index (χ3n) is 8.59. The number of rotatable bonds is 3. The summed E-state index contributed by atoms with van der Waals surface area (Å²) in [7, 11) is 0. The Morgan fingerprint density at radius 3 is 2.22 bits per heavy atom. The SMILES string of the molecule is CC(C)(C)c1cnc2nc(-c3[c-]ccc4c3oc3c5ccccc5ccc43)n(-c3ccccc3)c2c1.[Ir].[c-]1ccccc1-c1ccccn1. The molecule has 0 saturated carbocycles. The van der Waals surface area contributed by atoms with E-state index in [2.05, 4.69) is 103 Å². The molecule has 9 aromatic rings. The van der Waals surface area contributed by atoms with Crippen molar-refractivity contribution in [2.24, 2.45) is 0 Å². The Labute approximate surface area is 298 Å². The Kier molecular flexibility index (Phi) is 8.68. The van der Waals surface area contributed by atoms with E-state index < -0.39 is 0 Å². The zero-order valence-electron chi connectivity index (χ0n) is 27.3. The van der Waals surface area contributed by atoms with Crippen LogP contribution in [0.1, 0.15) is 26.3 Å². The van der Waals surface area contributed by atoms with Crippen molar-refractivity contribution < 1.29 is 24.5 Å². The third kappa shape index (κ3) is 6.06. The van der Waals surface area contributed by atoms with E-state index in [4.69, 9.17) is 14.4 Å². The van der Waals surface area contributed by atoms with Gasteiger partial charge in [-0.05, 0) is 46.3 Å². The van der Waals surface area contributed by atoms with Crippen LogP contribution in [0.3, 0.4) is 0 Å². The van der Waals surface area contributed by atoms with Gasteiger partial charge in [0, 0.05) is 49.0 Å². The Morgan fingerprint density at radius 2 is 1.45 bits per heavy atom. The number of furan rings is 1. The van der Waals surface area contributed by atoms with E-state index in [-0.39, 0.29) is 25.5 Å². The molecule has 0 atom stereocenters. The number of hydrogen-bond acceptors (Lipinski definition) is 4. The van der Waals surface area contributed by atoms with Crippen molar-refractivity contribution in [2.75, 3.05) is 0 Å². The van der Waals surface area contributed by atoms with E-state index in [0.717, 1.165) is 72.1 Å². The summed E-state index contributed by atoms with van der Waals surface area (Å²) in [5.74, 6) is 0.767. The van der Waals surface area contributed by atoms with Gasteiger partial charge in [0.15, 0.2) is 5.65 Å². The van der Waals surface area contributed by atoms with Crippen LogP contribution in [0.4, 0.5) is 0 Å². The molecule has 0 amide bonds. The maximum atomic E-state index is 6.61. The Balaban J connectivity index is 0.000000246. The second kappa shape index (κ2) is 13.2. The molecule has 6 heteroatoms. The molecule has 0 aliphatic carbocycles. The zero-order valence-corrected chi connectivity index (χ0v) is 29.7. The third-order valence-corrected chi connectivity index (χ3v) is 8.59. The van der Waals surface area contributed by atoms with Gasteiger partial charge in [-0.25, -0.2) is 4.98 Å². The van der Waals surface area contributed by atoms with Crippen LogP contribution >= 0.6 is 0 Å². The first-order chi connectivity index (χ1) is 23.5. The van der Waals surface area contributed by atoms with Crippen molar-refractivity contribution >= 4 is 43.9 Å². The number of imidazole rings is 1. The fraction of sp³-hybridized carbons (Fsp3) is 0.0930. The van der Waals surface area contributed by atoms with Crippen molar-refractivity contribution in [3.63, 3.8) is 0 Å². The van der Waals surface area contributed by atoms with Crippen LogP contribution < -0.4 is 0 Å². The summed E-state index contributed by atoms with van der Waals surface area (Å²) in [5, 5.41) is 4.41. The molecule has 0 aliphatic heterocycles. The van der Waals surface area contributed by atoms with Crippen LogP contribution in [0.15, 0.2) is 144 Å². The van der Waals surface area contributed by atoms with Gasteiger partial charge in [0.05, 0.1) is 16.9 Å². The topological polar surface area (TPSA) is 56.7 Å². The number of hydrogen-bond donors (Lipinski definition) is 0. The minimum absolute atomic E-state index is 0.